The maximum absolute atomic E-state index is 6.31. The smallest absolute Gasteiger partial charge is 0.240 e. The highest BCUT2D eigenvalue weighted by atomic mass is 35.5. The first-order chi connectivity index (χ1) is 22.4. The zero-order valence-corrected chi connectivity index (χ0v) is 26.3. The summed E-state index contributed by atoms with van der Waals surface area (Å²) >= 11 is 12.6. The van der Waals surface area contributed by atoms with E-state index in [1.807, 2.05) is 84.9 Å². The van der Waals surface area contributed by atoms with Gasteiger partial charge in [-0.3, -0.25) is 0 Å². The van der Waals surface area contributed by atoms with Gasteiger partial charge in [0.1, 0.15) is 22.8 Å². The second-order valence-electron chi connectivity index (χ2n) is 11.6. The van der Waals surface area contributed by atoms with Crippen LogP contribution in [0.15, 0.2) is 97.1 Å². The van der Waals surface area contributed by atoms with E-state index in [0.29, 0.717) is 33.3 Å². The Morgan fingerprint density at radius 1 is 0.457 bits per heavy atom. The largest absolute Gasteiger partial charge is 0.366 e. The average molecular weight is 646 g/mol. The predicted molar refractivity (Wildman–Crippen MR) is 184 cm³/mol. The molecule has 2 saturated carbocycles. The molecule has 0 bridgehead atoms. The van der Waals surface area contributed by atoms with Crippen molar-refractivity contribution in [2.75, 3.05) is 11.5 Å². The third-order valence-electron chi connectivity index (χ3n) is 7.99. The zero-order chi connectivity index (χ0) is 31.6. The molecule has 10 heteroatoms. The van der Waals surface area contributed by atoms with Crippen molar-refractivity contribution in [3.63, 3.8) is 0 Å². The monoisotopic (exact) mass is 644 g/mol. The van der Waals surface area contributed by atoms with Gasteiger partial charge in [-0.15, -0.1) is 20.4 Å². The molecule has 8 nitrogen and oxygen atoms in total. The van der Waals surface area contributed by atoms with Crippen molar-refractivity contribution >= 4 is 35.1 Å². The Balaban J connectivity index is 0.000000147. The van der Waals surface area contributed by atoms with Gasteiger partial charge in [0, 0.05) is 32.3 Å². The Morgan fingerprint density at radius 3 is 1.22 bits per heavy atom. The summed E-state index contributed by atoms with van der Waals surface area (Å²) in [5.74, 6) is 1.55. The summed E-state index contributed by atoms with van der Waals surface area (Å²) in [6.07, 6.45) is 4.88. The molecule has 2 aliphatic carbocycles. The molecule has 0 aliphatic heterocycles. The molecule has 6 aromatic rings. The molecule has 0 amide bonds. The highest BCUT2D eigenvalue weighted by molar-refractivity contribution is 6.31. The van der Waals surface area contributed by atoms with Gasteiger partial charge < -0.3 is 11.5 Å². The van der Waals surface area contributed by atoms with Crippen LogP contribution in [0.5, 0.6) is 0 Å². The number of hydrogen-bond donors (Lipinski definition) is 2. The van der Waals surface area contributed by atoms with Gasteiger partial charge in [0.05, 0.1) is 0 Å². The molecular formula is C36H30Cl2N8. The van der Waals surface area contributed by atoms with Gasteiger partial charge in [0.15, 0.2) is 0 Å². The minimum absolute atomic E-state index is 0.164. The number of benzene rings is 4. The van der Waals surface area contributed by atoms with Crippen LogP contribution >= 0.6 is 23.2 Å². The Kier molecular flexibility index (Phi) is 8.30. The Bertz CT molecular complexity index is 1870. The molecule has 8 rings (SSSR count). The van der Waals surface area contributed by atoms with Gasteiger partial charge in [-0.2, -0.15) is 0 Å². The summed E-state index contributed by atoms with van der Waals surface area (Å²) in [6, 6.07) is 31.9. The van der Waals surface area contributed by atoms with E-state index in [-0.39, 0.29) is 11.9 Å². The lowest BCUT2D eigenvalue weighted by Crippen LogP contribution is -2.02. The van der Waals surface area contributed by atoms with Crippen LogP contribution in [0, 0.1) is 0 Å². The summed E-state index contributed by atoms with van der Waals surface area (Å²) in [7, 11) is 0. The van der Waals surface area contributed by atoms with Crippen molar-refractivity contribution in [2.45, 2.75) is 37.5 Å². The topological polar surface area (TPSA) is 129 Å². The SMILES string of the molecule is Nc1nnc(-c2cc(Cl)cc(C3CC3)c2)c(-c2ccccc2)n1.Nc1nnc(-c2cc(Cl)cc(C3CC3)c2)c(-c2ccccc2)n1. The van der Waals surface area contributed by atoms with Crippen LogP contribution < -0.4 is 11.5 Å². The number of rotatable bonds is 6. The Labute approximate surface area is 276 Å². The fourth-order valence-electron chi connectivity index (χ4n) is 5.46. The maximum atomic E-state index is 6.31. The van der Waals surface area contributed by atoms with Gasteiger partial charge in [0.2, 0.25) is 11.9 Å². The molecule has 2 fully saturated rings. The molecule has 2 aliphatic rings. The summed E-state index contributed by atoms with van der Waals surface area (Å²) in [4.78, 5) is 8.80. The molecule has 4 N–H and O–H groups in total. The molecule has 4 aromatic carbocycles. The van der Waals surface area contributed by atoms with Crippen LogP contribution in [0.2, 0.25) is 10.0 Å². The van der Waals surface area contributed by atoms with Crippen molar-refractivity contribution in [1.29, 1.82) is 0 Å². The third-order valence-corrected chi connectivity index (χ3v) is 8.42. The predicted octanol–water partition coefficient (Wildman–Crippen LogP) is 8.64. The van der Waals surface area contributed by atoms with Crippen molar-refractivity contribution in [1.82, 2.24) is 30.4 Å². The normalized spacial score (nSPS) is 14.0. The van der Waals surface area contributed by atoms with E-state index in [0.717, 1.165) is 33.6 Å². The van der Waals surface area contributed by atoms with E-state index < -0.39 is 0 Å². The second kappa shape index (κ2) is 12.8. The Hall–Kier alpha value is -4.92. The van der Waals surface area contributed by atoms with E-state index in [4.69, 9.17) is 34.7 Å². The number of halogens is 2. The van der Waals surface area contributed by atoms with E-state index in [2.05, 4.69) is 42.5 Å². The number of nitrogens with two attached hydrogens (primary N) is 2. The molecule has 228 valence electrons. The van der Waals surface area contributed by atoms with Gasteiger partial charge >= 0.3 is 0 Å². The first kappa shape index (κ1) is 29.8. The fraction of sp³-hybridized carbons (Fsp3) is 0.167. The van der Waals surface area contributed by atoms with Crippen LogP contribution in [-0.4, -0.2) is 30.4 Å². The van der Waals surface area contributed by atoms with Crippen LogP contribution in [0.1, 0.15) is 48.6 Å². The lowest BCUT2D eigenvalue weighted by atomic mass is 10.0. The van der Waals surface area contributed by atoms with Crippen molar-refractivity contribution in [3.8, 4) is 45.0 Å². The van der Waals surface area contributed by atoms with Crippen LogP contribution in [-0.2, 0) is 0 Å². The molecule has 0 unspecified atom stereocenters. The quantitative estimate of drug-likeness (QED) is 0.184. The minimum Gasteiger partial charge on any atom is -0.366 e. The first-order valence-corrected chi connectivity index (χ1v) is 15.9. The number of anilines is 2. The number of nitrogen functional groups attached to an aromatic ring is 2. The minimum atomic E-state index is 0.164. The summed E-state index contributed by atoms with van der Waals surface area (Å²) in [6.45, 7) is 0. The highest BCUT2D eigenvalue weighted by Crippen LogP contribution is 2.44. The van der Waals surface area contributed by atoms with Crippen LogP contribution in [0.3, 0.4) is 0 Å². The number of hydrogen-bond acceptors (Lipinski definition) is 8. The lowest BCUT2D eigenvalue weighted by Gasteiger charge is -2.10. The van der Waals surface area contributed by atoms with E-state index in [9.17, 15) is 0 Å². The van der Waals surface area contributed by atoms with E-state index in [1.165, 1.54) is 36.8 Å². The fourth-order valence-corrected chi connectivity index (χ4v) is 5.95. The molecule has 0 saturated heterocycles. The maximum Gasteiger partial charge on any atom is 0.240 e. The molecular weight excluding hydrogens is 615 g/mol. The first-order valence-electron chi connectivity index (χ1n) is 15.1. The molecule has 46 heavy (non-hydrogen) atoms. The van der Waals surface area contributed by atoms with Gasteiger partial charge in [-0.1, -0.05) is 83.9 Å². The second-order valence-corrected chi connectivity index (χ2v) is 12.4. The van der Waals surface area contributed by atoms with Crippen LogP contribution in [0.4, 0.5) is 11.9 Å². The average Bonchev–Trinajstić information content (AvgIpc) is 3.99. The van der Waals surface area contributed by atoms with Gasteiger partial charge in [-0.25, -0.2) is 9.97 Å². The van der Waals surface area contributed by atoms with Crippen molar-refractivity contribution < 1.29 is 0 Å². The molecule has 2 heterocycles. The van der Waals surface area contributed by atoms with Gasteiger partial charge in [-0.05, 0) is 85.0 Å². The molecule has 0 radical (unpaired) electrons. The molecule has 0 atom stereocenters. The molecule has 0 spiro atoms. The van der Waals surface area contributed by atoms with Crippen molar-refractivity contribution in [3.05, 3.63) is 118 Å². The third kappa shape index (κ3) is 6.83. The Morgan fingerprint density at radius 2 is 0.848 bits per heavy atom. The lowest BCUT2D eigenvalue weighted by molar-refractivity contribution is 0.996. The summed E-state index contributed by atoms with van der Waals surface area (Å²) in [5, 5.41) is 17.9. The van der Waals surface area contributed by atoms with Crippen LogP contribution in [0.25, 0.3) is 45.0 Å². The van der Waals surface area contributed by atoms with Crippen molar-refractivity contribution in [2.24, 2.45) is 0 Å². The van der Waals surface area contributed by atoms with Gasteiger partial charge in [0.25, 0.3) is 0 Å². The standard InChI is InChI=1S/2C18H15ClN4/c2*19-15-9-13(11-6-7-11)8-14(10-15)17-16(21-18(20)23-22-17)12-4-2-1-3-5-12/h2*1-5,8-11H,6-7H2,(H2,20,21,23). The zero-order valence-electron chi connectivity index (χ0n) is 24.8. The molecule has 2 aromatic heterocycles. The number of aromatic nitrogens is 6. The van der Waals surface area contributed by atoms with E-state index in [1.54, 1.807) is 0 Å². The highest BCUT2D eigenvalue weighted by Gasteiger charge is 2.26. The summed E-state index contributed by atoms with van der Waals surface area (Å²) in [5.41, 5.74) is 20.6. The summed E-state index contributed by atoms with van der Waals surface area (Å²) < 4.78 is 0. The number of nitrogens with zero attached hydrogens (tertiary/aromatic N) is 6. The van der Waals surface area contributed by atoms with E-state index >= 15 is 0 Å².